The van der Waals surface area contributed by atoms with Gasteiger partial charge in [0.1, 0.15) is 6.61 Å². The van der Waals surface area contributed by atoms with E-state index in [-0.39, 0.29) is 18.6 Å². The zero-order chi connectivity index (χ0) is 14.5. The molecule has 1 amide bonds. The fourth-order valence-electron chi connectivity index (χ4n) is 2.01. The van der Waals surface area contributed by atoms with E-state index in [0.717, 1.165) is 0 Å². The minimum absolute atomic E-state index is 0.0596. The lowest BCUT2D eigenvalue weighted by atomic mass is 10.0. The van der Waals surface area contributed by atoms with Crippen molar-refractivity contribution in [2.24, 2.45) is 0 Å². The highest BCUT2D eigenvalue weighted by Crippen LogP contribution is 2.19. The molecule has 0 unspecified atom stereocenters. The summed E-state index contributed by atoms with van der Waals surface area (Å²) in [5.41, 5.74) is -0.451. The Balaban J connectivity index is 2.33. The molecule has 1 N–H and O–H groups in total. The van der Waals surface area contributed by atoms with Crippen molar-refractivity contribution >= 4 is 11.9 Å². The van der Waals surface area contributed by atoms with Gasteiger partial charge < -0.3 is 19.5 Å². The quantitative estimate of drug-likeness (QED) is 0.778. The second-order valence-corrected chi connectivity index (χ2v) is 5.43. The molecule has 0 aromatic heterocycles. The van der Waals surface area contributed by atoms with Gasteiger partial charge in [-0.25, -0.2) is 4.79 Å². The third-order valence-corrected chi connectivity index (χ3v) is 3.37. The molecule has 6 heteroatoms. The first-order chi connectivity index (χ1) is 8.84. The number of carboxylic acid groups (broad SMARTS) is 1. The molecule has 1 fully saturated rings. The zero-order valence-electron chi connectivity index (χ0n) is 11.8. The van der Waals surface area contributed by atoms with E-state index in [4.69, 9.17) is 14.6 Å². The van der Waals surface area contributed by atoms with Gasteiger partial charge in [-0.1, -0.05) is 0 Å². The van der Waals surface area contributed by atoms with Crippen LogP contribution >= 0.6 is 0 Å². The molecule has 6 nitrogen and oxygen atoms in total. The van der Waals surface area contributed by atoms with Crippen molar-refractivity contribution in [2.45, 2.75) is 44.8 Å². The first-order valence-corrected chi connectivity index (χ1v) is 6.50. The van der Waals surface area contributed by atoms with Gasteiger partial charge in [0.25, 0.3) is 0 Å². The van der Waals surface area contributed by atoms with E-state index < -0.39 is 11.6 Å². The summed E-state index contributed by atoms with van der Waals surface area (Å²) < 4.78 is 10.5. The monoisotopic (exact) mass is 273 g/mol. The van der Waals surface area contributed by atoms with Crippen LogP contribution < -0.4 is 0 Å². The summed E-state index contributed by atoms with van der Waals surface area (Å²) in [7, 11) is 1.60. The fourth-order valence-corrected chi connectivity index (χ4v) is 2.01. The van der Waals surface area contributed by atoms with Crippen LogP contribution in [0.4, 0.5) is 0 Å². The van der Waals surface area contributed by atoms with Crippen molar-refractivity contribution in [3.8, 4) is 0 Å². The van der Waals surface area contributed by atoms with Crippen LogP contribution in [0.1, 0.15) is 33.1 Å². The molecule has 1 saturated heterocycles. The maximum atomic E-state index is 12.1. The Hall–Kier alpha value is -1.14. The topological polar surface area (TPSA) is 76.1 Å². The summed E-state index contributed by atoms with van der Waals surface area (Å²) in [6.45, 7) is 4.72. The molecule has 0 atom stereocenters. The largest absolute Gasteiger partial charge is 0.480 e. The summed E-state index contributed by atoms with van der Waals surface area (Å²) >= 11 is 0. The maximum Gasteiger partial charge on any atom is 0.329 e. The van der Waals surface area contributed by atoms with Crippen LogP contribution in [0.3, 0.4) is 0 Å². The van der Waals surface area contributed by atoms with Gasteiger partial charge in [0.05, 0.1) is 18.1 Å². The number of piperidine rings is 1. The van der Waals surface area contributed by atoms with Gasteiger partial charge in [0, 0.05) is 20.2 Å². The number of carbonyl (C=O) groups excluding carboxylic acids is 1. The molecule has 0 aliphatic carbocycles. The number of amides is 1. The molecule has 1 heterocycles. The van der Waals surface area contributed by atoms with Crippen molar-refractivity contribution in [1.29, 1.82) is 0 Å². The van der Waals surface area contributed by atoms with Crippen LogP contribution in [0.2, 0.25) is 0 Å². The molecule has 0 aromatic rings. The molecule has 1 aliphatic heterocycles. The molecule has 0 bridgehead atoms. The lowest BCUT2D eigenvalue weighted by Gasteiger charge is -2.33. The molecule has 0 saturated carbocycles. The van der Waals surface area contributed by atoms with Crippen LogP contribution in [0, 0.1) is 0 Å². The number of hydrogen-bond donors (Lipinski definition) is 1. The van der Waals surface area contributed by atoms with Crippen molar-refractivity contribution in [3.63, 3.8) is 0 Å². The number of nitrogens with zero attached hydrogens (tertiary/aromatic N) is 1. The van der Waals surface area contributed by atoms with Crippen molar-refractivity contribution < 1.29 is 24.2 Å². The second-order valence-electron chi connectivity index (χ2n) is 5.43. The van der Waals surface area contributed by atoms with Crippen molar-refractivity contribution in [1.82, 2.24) is 4.90 Å². The maximum absolute atomic E-state index is 12.1. The van der Waals surface area contributed by atoms with Crippen LogP contribution in [0.15, 0.2) is 0 Å². The van der Waals surface area contributed by atoms with E-state index in [9.17, 15) is 9.59 Å². The van der Waals surface area contributed by atoms with E-state index in [1.165, 1.54) is 0 Å². The fraction of sp³-hybridized carbons (Fsp3) is 0.846. The Labute approximate surface area is 113 Å². The molecule has 0 spiro atoms. The summed E-state index contributed by atoms with van der Waals surface area (Å²) in [4.78, 5) is 24.3. The minimum atomic E-state index is -0.958. The van der Waals surface area contributed by atoms with Gasteiger partial charge in [0.15, 0.2) is 0 Å². The first kappa shape index (κ1) is 15.9. The van der Waals surface area contributed by atoms with Crippen LogP contribution in [-0.4, -0.2) is 60.4 Å². The van der Waals surface area contributed by atoms with E-state index in [2.05, 4.69) is 0 Å². The summed E-state index contributed by atoms with van der Waals surface area (Å²) in [6.07, 6.45) is 1.67. The highest BCUT2D eigenvalue weighted by molar-refractivity contribution is 5.77. The molecule has 110 valence electrons. The molecule has 19 heavy (non-hydrogen) atoms. The Morgan fingerprint density at radius 3 is 2.37 bits per heavy atom. The molecule has 1 rings (SSSR count). The Bertz CT molecular complexity index is 321. The predicted octanol–water partition coefficient (Wildman–Crippen LogP) is 0.894. The third kappa shape index (κ3) is 5.57. The molecule has 0 radical (unpaired) electrons. The van der Waals surface area contributed by atoms with Gasteiger partial charge in [-0.05, 0) is 26.7 Å². The number of aliphatic carboxylic acids is 1. The SMILES string of the molecule is COC(C)(C)CC(=O)N1CCC(OCC(=O)O)CC1. The van der Waals surface area contributed by atoms with E-state index in [1.54, 1.807) is 12.0 Å². The normalized spacial score (nSPS) is 17.5. The second kappa shape index (κ2) is 6.86. The summed E-state index contributed by atoms with van der Waals surface area (Å²) in [5, 5.41) is 8.54. The molecular weight excluding hydrogens is 250 g/mol. The minimum Gasteiger partial charge on any atom is -0.480 e. The third-order valence-electron chi connectivity index (χ3n) is 3.37. The van der Waals surface area contributed by atoms with E-state index in [0.29, 0.717) is 32.4 Å². The lowest BCUT2D eigenvalue weighted by molar-refractivity contribution is -0.147. The first-order valence-electron chi connectivity index (χ1n) is 6.50. The Morgan fingerprint density at radius 2 is 1.89 bits per heavy atom. The average Bonchev–Trinajstić information content (AvgIpc) is 2.36. The number of likely N-dealkylation sites (tertiary alicyclic amines) is 1. The van der Waals surface area contributed by atoms with Gasteiger partial charge >= 0.3 is 5.97 Å². The summed E-state index contributed by atoms with van der Waals surface area (Å²) in [6, 6.07) is 0. The molecule has 0 aromatic carbocycles. The summed E-state index contributed by atoms with van der Waals surface area (Å²) in [5.74, 6) is -0.885. The van der Waals surface area contributed by atoms with Gasteiger partial charge in [-0.15, -0.1) is 0 Å². The van der Waals surface area contributed by atoms with Crippen molar-refractivity contribution in [2.75, 3.05) is 26.8 Å². The number of ether oxygens (including phenoxy) is 2. The number of methoxy groups -OCH3 is 1. The average molecular weight is 273 g/mol. The van der Waals surface area contributed by atoms with E-state index >= 15 is 0 Å². The predicted molar refractivity (Wildman–Crippen MR) is 68.9 cm³/mol. The van der Waals surface area contributed by atoms with Crippen LogP contribution in [0.5, 0.6) is 0 Å². The number of carboxylic acids is 1. The number of rotatable bonds is 6. The van der Waals surface area contributed by atoms with E-state index in [1.807, 2.05) is 13.8 Å². The highest BCUT2D eigenvalue weighted by atomic mass is 16.5. The molecule has 1 aliphatic rings. The Morgan fingerprint density at radius 1 is 1.32 bits per heavy atom. The standard InChI is InChI=1S/C13H23NO5/c1-13(2,18-3)8-11(15)14-6-4-10(5-7-14)19-9-12(16)17/h10H,4-9H2,1-3H3,(H,16,17). The van der Waals surface area contributed by atoms with Crippen LogP contribution in [-0.2, 0) is 19.1 Å². The smallest absolute Gasteiger partial charge is 0.329 e. The van der Waals surface area contributed by atoms with Gasteiger partial charge in [-0.2, -0.15) is 0 Å². The zero-order valence-corrected chi connectivity index (χ0v) is 11.8. The van der Waals surface area contributed by atoms with Crippen LogP contribution in [0.25, 0.3) is 0 Å². The Kier molecular flexibility index (Phi) is 5.75. The van der Waals surface area contributed by atoms with Gasteiger partial charge in [0.2, 0.25) is 5.91 Å². The number of carbonyl (C=O) groups is 2. The highest BCUT2D eigenvalue weighted by Gasteiger charge is 2.28. The lowest BCUT2D eigenvalue weighted by Crippen LogP contribution is -2.43. The number of hydrogen-bond acceptors (Lipinski definition) is 4. The van der Waals surface area contributed by atoms with Crippen molar-refractivity contribution in [3.05, 3.63) is 0 Å². The molecular formula is C13H23NO5. The van der Waals surface area contributed by atoms with Gasteiger partial charge in [-0.3, -0.25) is 4.79 Å².